The smallest absolute Gasteiger partial charge is 0.148 e. The summed E-state index contributed by atoms with van der Waals surface area (Å²) >= 11 is 8.45. The summed E-state index contributed by atoms with van der Waals surface area (Å²) in [5.74, 6) is 0.0292. The highest BCUT2D eigenvalue weighted by molar-refractivity contribution is 9.10. The normalized spacial score (nSPS) is 10.1. The number of nitrogens with two attached hydrogens (primary N) is 4. The maximum atomic E-state index is 13.0. The minimum atomic E-state index is -0.292. The van der Waals surface area contributed by atoms with Crippen molar-refractivity contribution in [3.63, 3.8) is 0 Å². The van der Waals surface area contributed by atoms with Crippen LogP contribution in [0.4, 0.5) is 30.6 Å². The van der Waals surface area contributed by atoms with Crippen LogP contribution in [0.15, 0.2) is 109 Å². The fourth-order valence-corrected chi connectivity index (χ4v) is 7.30. The van der Waals surface area contributed by atoms with Crippen LogP contribution in [0.3, 0.4) is 0 Å². The van der Waals surface area contributed by atoms with Gasteiger partial charge in [-0.1, -0.05) is 70.9 Å². The summed E-state index contributed by atoms with van der Waals surface area (Å²) < 4.78 is 44.9. The second kappa shape index (κ2) is 22.9. The molecule has 6 heterocycles. The van der Waals surface area contributed by atoms with Gasteiger partial charge in [0.1, 0.15) is 92.6 Å². The first-order valence-electron chi connectivity index (χ1n) is 18.2. The Morgan fingerprint density at radius 1 is 0.576 bits per heavy atom. The van der Waals surface area contributed by atoms with E-state index in [4.69, 9.17) is 40.4 Å². The lowest BCUT2D eigenvalue weighted by atomic mass is 10.2. The number of aromatic nitrogens is 9. The van der Waals surface area contributed by atoms with Gasteiger partial charge >= 0.3 is 0 Å². The summed E-state index contributed by atoms with van der Waals surface area (Å²) in [7, 11) is 0. The molecule has 66 heavy (non-hydrogen) atoms. The number of fused-ring (bicyclic) bond motifs is 3. The third-order valence-electron chi connectivity index (χ3n) is 9.46. The van der Waals surface area contributed by atoms with Gasteiger partial charge in [0.25, 0.3) is 0 Å². The van der Waals surface area contributed by atoms with Crippen molar-refractivity contribution in [2.45, 2.75) is 41.9 Å². The molecule has 340 valence electrons. The van der Waals surface area contributed by atoms with Crippen LogP contribution in [0.1, 0.15) is 55.7 Å². The predicted octanol–water partition coefficient (Wildman–Crippen LogP) is 8.76. The lowest BCUT2D eigenvalue weighted by Gasteiger charge is -2.06. The van der Waals surface area contributed by atoms with Crippen LogP contribution in [0, 0.1) is 40.1 Å². The molecule has 0 saturated carbocycles. The molecule has 9 rings (SSSR count). The van der Waals surface area contributed by atoms with E-state index in [1.165, 1.54) is 55.4 Å². The zero-order valence-electron chi connectivity index (χ0n) is 32.6. The highest BCUT2D eigenvalue weighted by Crippen LogP contribution is 2.32. The third-order valence-corrected chi connectivity index (χ3v) is 10.5. The van der Waals surface area contributed by atoms with E-state index < -0.39 is 0 Å². The van der Waals surface area contributed by atoms with Crippen LogP contribution < -0.4 is 22.9 Å². The second-order valence-corrected chi connectivity index (χ2v) is 14.6. The van der Waals surface area contributed by atoms with E-state index >= 15 is 0 Å². The van der Waals surface area contributed by atoms with Crippen molar-refractivity contribution in [2.24, 2.45) is 5.73 Å². The minimum Gasteiger partial charge on any atom is -0.389 e. The Morgan fingerprint density at radius 2 is 0.970 bits per heavy atom. The van der Waals surface area contributed by atoms with Crippen molar-refractivity contribution >= 4 is 97.2 Å². The number of nitrogen functional groups attached to an aromatic ring is 3. The molecule has 21 heteroatoms. The number of nitrogens with zero attached hydrogens (tertiary/aromatic N) is 11. The molecule has 0 saturated heterocycles. The Hall–Kier alpha value is -7.59. The molecular weight excluding hydrogens is 952 g/mol. The molecule has 0 aliphatic carbocycles. The molecule has 0 fully saturated rings. The molecule has 0 aliphatic heterocycles. The Bertz CT molecular complexity index is 3200. The van der Waals surface area contributed by atoms with E-state index in [9.17, 15) is 18.4 Å². The van der Waals surface area contributed by atoms with Crippen molar-refractivity contribution in [3.8, 4) is 12.1 Å². The van der Waals surface area contributed by atoms with E-state index in [1.807, 2.05) is 4.57 Å². The minimum absolute atomic E-state index is 0. The van der Waals surface area contributed by atoms with E-state index in [1.54, 1.807) is 57.9 Å². The van der Waals surface area contributed by atoms with Crippen LogP contribution in [-0.2, 0) is 19.6 Å². The quantitative estimate of drug-likeness (QED) is 0.109. The Kier molecular flexibility index (Phi) is 18.3. The number of thiocarbonyl (C=S) groups is 1. The summed E-state index contributed by atoms with van der Waals surface area (Å²) in [6.45, 7) is 1.43. The van der Waals surface area contributed by atoms with E-state index in [0.29, 0.717) is 79.8 Å². The summed E-state index contributed by atoms with van der Waals surface area (Å²) in [6.07, 6.45) is 7.58. The number of hydrogen-bond donors (Lipinski definition) is 4. The van der Waals surface area contributed by atoms with Gasteiger partial charge in [0.15, 0.2) is 0 Å². The van der Waals surface area contributed by atoms with E-state index in [0.717, 1.165) is 16.7 Å². The molecule has 0 radical (unpaired) electrons. The summed E-state index contributed by atoms with van der Waals surface area (Å²) in [5, 5.41) is 20.2. The lowest BCUT2D eigenvalue weighted by molar-refractivity contribution is 0.626. The number of hydrogen-bond acceptors (Lipinski definition) is 12. The Balaban J connectivity index is 0.000000255. The zero-order valence-corrected chi connectivity index (χ0v) is 36.0. The van der Waals surface area contributed by atoms with E-state index in [-0.39, 0.29) is 69.9 Å². The van der Waals surface area contributed by atoms with E-state index in [2.05, 4.69) is 58.0 Å². The first-order valence-corrected chi connectivity index (χ1v) is 19.4. The molecule has 0 atom stereocenters. The Morgan fingerprint density at radius 3 is 1.41 bits per heavy atom. The van der Waals surface area contributed by atoms with Gasteiger partial charge in [-0.15, -0.1) is 0 Å². The van der Waals surface area contributed by atoms with Crippen molar-refractivity contribution in [3.05, 3.63) is 160 Å². The maximum absolute atomic E-state index is 13.0. The summed E-state index contributed by atoms with van der Waals surface area (Å²) in [6, 6.07) is 22.8. The van der Waals surface area contributed by atoms with Gasteiger partial charge in [-0.3, -0.25) is 0 Å². The summed E-state index contributed by atoms with van der Waals surface area (Å²) in [5.41, 5.74) is 29.3. The average Bonchev–Trinajstić information content (AvgIpc) is 3.91. The topological polar surface area (TPSA) is 244 Å². The third kappa shape index (κ3) is 11.2. The van der Waals surface area contributed by atoms with Crippen LogP contribution >= 0.6 is 41.6 Å². The van der Waals surface area contributed by atoms with Crippen molar-refractivity contribution < 1.29 is 13.2 Å². The van der Waals surface area contributed by atoms with Gasteiger partial charge in [-0.05, 0) is 69.0 Å². The fraction of sp³-hybridized carbons (Fsp3) is 0.133. The van der Waals surface area contributed by atoms with Gasteiger partial charge in [-0.2, -0.15) is 24.0 Å². The number of benzene rings is 3. The van der Waals surface area contributed by atoms with Gasteiger partial charge in [0.2, 0.25) is 0 Å². The van der Waals surface area contributed by atoms with Gasteiger partial charge in [0, 0.05) is 31.0 Å². The summed E-state index contributed by atoms with van der Waals surface area (Å²) in [4.78, 5) is 24.6. The highest BCUT2D eigenvalue weighted by atomic mass is 79.9. The zero-order chi connectivity index (χ0) is 44.1. The predicted molar refractivity (Wildman–Crippen MR) is 266 cm³/mol. The lowest BCUT2D eigenvalue weighted by Crippen LogP contribution is -2.09. The largest absolute Gasteiger partial charge is 0.389 e. The molecule has 0 aliphatic rings. The average molecular weight is 997 g/mol. The number of halogens is 4. The fourth-order valence-electron chi connectivity index (χ4n) is 6.56. The molecule has 6 aromatic heterocycles. The van der Waals surface area contributed by atoms with Crippen LogP contribution in [0.25, 0.3) is 33.1 Å². The Labute approximate surface area is 399 Å². The molecule has 8 N–H and O–H groups in total. The first-order chi connectivity index (χ1) is 29.9. The van der Waals surface area contributed by atoms with Gasteiger partial charge in [0.05, 0.1) is 33.8 Å². The highest BCUT2D eigenvalue weighted by Gasteiger charge is 2.20. The van der Waals surface area contributed by atoms with Gasteiger partial charge < -0.3 is 36.6 Å². The molecule has 0 bridgehead atoms. The first kappa shape index (κ1) is 52.8. The molecule has 0 unspecified atom stereocenters. The molecular formula is C45H45BrF3N15S2. The molecule has 0 amide bonds. The molecule has 9 aromatic rings. The van der Waals surface area contributed by atoms with Crippen LogP contribution in [0.2, 0.25) is 0 Å². The standard InChI is InChI=1S/C14H9BrFN5.C14H12FN5S.C14H10FN5.3CH4.H2S/c15-12-10(5-17)11-13(18)19-7-20-14(11)21(12)6-8-1-3-9(16)4-2-8;15-9-3-1-8(2-4-9)5-20-6-10(13(17)21)11-12(16)18-7-19-14(11)20;15-11-3-1-9(2-4-11)6-20-7-10(5-16)12-13(17)18-8-19-14(12)20;;;;/h1-4,7H,6H2,(H2,18,19,20);1-4,6-7H,5H2,(H2,17,21)(H2,16,18,19);1-4,7-8H,6H2,(H2,17,18,19);3*1H4;1H2. The van der Waals surface area contributed by atoms with Crippen LogP contribution in [0.5, 0.6) is 0 Å². The van der Waals surface area contributed by atoms with Crippen molar-refractivity contribution in [2.75, 3.05) is 17.2 Å². The monoisotopic (exact) mass is 995 g/mol. The molecule has 3 aromatic carbocycles. The van der Waals surface area contributed by atoms with Crippen molar-refractivity contribution in [1.82, 2.24) is 43.6 Å². The van der Waals surface area contributed by atoms with Crippen molar-refractivity contribution in [1.29, 1.82) is 10.5 Å². The number of nitriles is 2. The second-order valence-electron chi connectivity index (χ2n) is 13.4. The molecule has 0 spiro atoms. The maximum Gasteiger partial charge on any atom is 0.148 e. The number of rotatable bonds is 7. The SMILES string of the molecule is C.C.C.N#Cc1c(Br)n(Cc2ccc(F)cc2)c2ncnc(N)c12.N#Cc1cn(Cc2ccc(F)cc2)c2ncnc(N)c12.NC(=S)c1cn(Cc2ccc(F)cc2)c2ncnc(N)c12.S. The van der Waals surface area contributed by atoms with Crippen LogP contribution in [-0.4, -0.2) is 48.6 Å². The number of anilines is 3. The molecule has 15 nitrogen and oxygen atoms in total. The van der Waals surface area contributed by atoms with Gasteiger partial charge in [-0.25, -0.2) is 43.1 Å².